The van der Waals surface area contributed by atoms with Crippen LogP contribution in [0.4, 0.5) is 0 Å². The largest absolute Gasteiger partial charge is 0 e. The van der Waals surface area contributed by atoms with Crippen molar-refractivity contribution in [1.82, 2.24) is 0 Å². The third kappa shape index (κ3) is 161. The minimum absolute atomic E-state index is 0. The molecular weight excluding hydrogens is 282 g/mol. The first kappa shape index (κ1) is 153. The quantitative estimate of drug-likeness (QED) is 0.324. The van der Waals surface area contributed by atoms with E-state index < -0.39 is 11.9 Å². The van der Waals surface area contributed by atoms with Crippen molar-refractivity contribution in [3.05, 3.63) is 0 Å². The smallest absolute Gasteiger partial charge is 0 e. The predicted molar refractivity (Wildman–Crippen MR) is 51.3 cm³/mol. The summed E-state index contributed by atoms with van der Waals surface area (Å²) in [5, 5.41) is 14.8. The van der Waals surface area contributed by atoms with Crippen LogP contribution in [0.5, 0.6) is 0 Å². The fourth-order valence-electron chi connectivity index (χ4n) is 0. The van der Waals surface area contributed by atoms with Gasteiger partial charge in [-0.05, 0) is 0 Å². The Labute approximate surface area is 111 Å². The van der Waals surface area contributed by atoms with E-state index >= 15 is 0 Å². The van der Waals surface area contributed by atoms with E-state index in [9.17, 15) is 0 Å². The van der Waals surface area contributed by atoms with Crippen LogP contribution in [0.15, 0.2) is 0 Å². The summed E-state index contributed by atoms with van der Waals surface area (Å²) < 4.78 is 0. The van der Waals surface area contributed by atoms with Gasteiger partial charge < -0.3 is 54.0 Å². The van der Waals surface area contributed by atoms with E-state index in [-0.39, 0.29) is 79.2 Å². The van der Waals surface area contributed by atoms with Gasteiger partial charge in [0, 0.05) is 16.5 Å². The van der Waals surface area contributed by atoms with Gasteiger partial charge in [-0.2, -0.15) is 0 Å². The van der Waals surface area contributed by atoms with E-state index in [1.807, 2.05) is 0 Å². The van der Waals surface area contributed by atoms with Crippen LogP contribution >= 0.6 is 0 Å². The Morgan fingerprint density at radius 3 is 0.625 bits per heavy atom. The Morgan fingerprint density at radius 2 is 0.625 bits per heavy atom. The summed E-state index contributed by atoms with van der Waals surface area (Å²) in [6.07, 6.45) is 0. The van der Waals surface area contributed by atoms with Gasteiger partial charge in [0.1, 0.15) is 0 Å². The summed E-state index contributed by atoms with van der Waals surface area (Å²) >= 11 is 0. The molecule has 12 nitrogen and oxygen atoms in total. The van der Waals surface area contributed by atoms with Gasteiger partial charge >= 0.3 is 30.8 Å². The summed E-state index contributed by atoms with van der Waals surface area (Å²) in [7, 11) is 0. The van der Waals surface area contributed by atoms with E-state index in [2.05, 4.69) is 0 Å². The first-order valence-corrected chi connectivity index (χ1v) is 1.11. The molecule has 0 heterocycles. The first-order valence-electron chi connectivity index (χ1n) is 1.11. The Balaban J connectivity index is -0.00000000278. The number of hydrogen-bond donors (Lipinski definition) is 2. The summed E-state index contributed by atoms with van der Waals surface area (Å²) in [6, 6.07) is 0. The van der Waals surface area contributed by atoms with Crippen molar-refractivity contribution in [1.29, 1.82) is 0 Å². The van der Waals surface area contributed by atoms with Crippen LogP contribution < -0.4 is 0 Å². The molecule has 0 aromatic carbocycles. The zero-order valence-corrected chi connectivity index (χ0v) is 8.01. The Bertz CT molecular complexity index is 85.0. The third-order valence-corrected chi connectivity index (χ3v) is 0.183. The molecule has 0 saturated heterocycles. The Morgan fingerprint density at radius 1 is 0.562 bits per heavy atom. The van der Waals surface area contributed by atoms with E-state index in [0.29, 0.717) is 0 Å². The van der Waals surface area contributed by atoms with E-state index in [1.54, 1.807) is 0 Å². The molecule has 0 bridgehead atoms. The van der Waals surface area contributed by atoms with Crippen LogP contribution in [0.25, 0.3) is 0 Å². The zero-order valence-electron chi connectivity index (χ0n) is 7.03. The van der Waals surface area contributed by atoms with Crippen LogP contribution in [0.3, 0.4) is 0 Å². The second-order valence-electron chi connectivity index (χ2n) is 0.610. The van der Waals surface area contributed by atoms with Crippen LogP contribution in [-0.4, -0.2) is 84.8 Å². The van der Waals surface area contributed by atoms with Crippen molar-refractivity contribution in [3.63, 3.8) is 0 Å². The molecule has 110 valence electrons. The number of hydrogen-bond acceptors (Lipinski definition) is 2. The van der Waals surface area contributed by atoms with Gasteiger partial charge in [0.25, 0.3) is 0 Å². The molecule has 0 unspecified atom stereocenters. The number of rotatable bonds is 0. The molecule has 0 rings (SSSR count). The van der Waals surface area contributed by atoms with Gasteiger partial charge in [-0.15, -0.1) is 0 Å². The molecule has 0 saturated carbocycles. The van der Waals surface area contributed by atoms with E-state index in [0.717, 1.165) is 0 Å². The second kappa shape index (κ2) is 84.8. The van der Waals surface area contributed by atoms with Gasteiger partial charge in [0.05, 0.1) is 0 Å². The molecule has 0 aliphatic rings. The molecule has 0 aliphatic heterocycles. The Kier molecular flexibility index (Phi) is 812. The van der Waals surface area contributed by atoms with Gasteiger partial charge in [-0.1, -0.05) is 0 Å². The maximum atomic E-state index is 9.10. The molecule has 0 aromatic heterocycles. The topological polar surface area (TPSA) is 327 Å². The number of carbonyl (C=O) groups is 2. The van der Waals surface area contributed by atoms with Crippen molar-refractivity contribution in [2.45, 2.75) is 0 Å². The predicted octanol–water partition coefficient (Wildman–Crippen LogP) is -8.09. The van der Waals surface area contributed by atoms with Crippen molar-refractivity contribution in [2.24, 2.45) is 0 Å². The maximum absolute atomic E-state index is 9.10. The summed E-state index contributed by atoms with van der Waals surface area (Å²) in [4.78, 5) is 18.2. The third-order valence-electron chi connectivity index (χ3n) is 0.183. The summed E-state index contributed by atoms with van der Waals surface area (Å²) in [6.45, 7) is 0. The van der Waals surface area contributed by atoms with Gasteiger partial charge in [-0.25, -0.2) is 9.59 Å². The standard InChI is InChI=1S/C2H2O4.Li.Ni.8H2O.H/c3-1(4)2(5)6;;;;;;;;;;;/h(H,3,4)(H,5,6);;;8*1H2;. The number of aliphatic carboxylic acids is 2. The fourth-order valence-corrected chi connectivity index (χ4v) is 0. The number of carboxylic acid groups (broad SMARTS) is 2. The van der Waals surface area contributed by atoms with Gasteiger partial charge in [0.15, 0.2) is 0 Å². The molecule has 0 amide bonds. The molecule has 0 spiro atoms. The van der Waals surface area contributed by atoms with Crippen LogP contribution in [-0.2, 0) is 26.1 Å². The van der Waals surface area contributed by atoms with E-state index in [4.69, 9.17) is 19.8 Å². The van der Waals surface area contributed by atoms with Crippen molar-refractivity contribution in [3.8, 4) is 0 Å². The zero-order chi connectivity index (χ0) is 5.15. The molecule has 0 radical (unpaired) electrons. The van der Waals surface area contributed by atoms with Crippen LogP contribution in [0.1, 0.15) is 0 Å². The summed E-state index contributed by atoms with van der Waals surface area (Å²) in [5.74, 6) is -3.65. The minimum Gasteiger partial charge on any atom is 0 e. The molecule has 0 aromatic rings. The van der Waals surface area contributed by atoms with Crippen molar-refractivity contribution >= 4 is 30.8 Å². The maximum Gasteiger partial charge on any atom is 0 e. The van der Waals surface area contributed by atoms with E-state index in [1.165, 1.54) is 0 Å². The van der Waals surface area contributed by atoms with Gasteiger partial charge in [0.2, 0.25) is 0 Å². The molecular formula is C2H19LiNiO12. The summed E-state index contributed by atoms with van der Waals surface area (Å²) in [5.41, 5.74) is 0. The number of carboxylic acids is 2. The molecule has 0 fully saturated rings. The minimum atomic E-state index is -1.82. The van der Waals surface area contributed by atoms with Crippen molar-refractivity contribution < 1.29 is 80.1 Å². The van der Waals surface area contributed by atoms with Crippen LogP contribution in [0, 0.1) is 0 Å². The monoisotopic (exact) mass is 300 g/mol. The first-order chi connectivity index (χ1) is 2.64. The average Bonchev–Trinajstić information content (AvgIpc) is 1.36. The second-order valence-corrected chi connectivity index (χ2v) is 0.610. The average molecular weight is 301 g/mol. The SMILES string of the molecule is O.O.O.O.O.O.O.O.O=C(O)C(=O)O.[LiH].[Ni]. The Hall–Kier alpha value is -0.289. The molecule has 0 atom stereocenters. The molecule has 18 N–H and O–H groups in total. The molecule has 16 heavy (non-hydrogen) atoms. The molecule has 14 heteroatoms. The molecule has 0 aliphatic carbocycles. The van der Waals surface area contributed by atoms with Crippen molar-refractivity contribution in [2.75, 3.05) is 0 Å². The van der Waals surface area contributed by atoms with Gasteiger partial charge in [-0.3, -0.25) is 0 Å². The normalized spacial score (nSPS) is 2.75. The fraction of sp³-hybridized carbons (Fsp3) is 0. The van der Waals surface area contributed by atoms with Crippen LogP contribution in [0.2, 0.25) is 0 Å².